The molecule has 0 bridgehead atoms. The van der Waals surface area contributed by atoms with Crippen LogP contribution in [0, 0.1) is 3.57 Å². The van der Waals surface area contributed by atoms with E-state index in [-0.39, 0.29) is 12.5 Å². The van der Waals surface area contributed by atoms with Gasteiger partial charge < -0.3 is 10.1 Å². The molecule has 76 valence electrons. The smallest absolute Gasteiger partial charge is 0.325 e. The molecule has 1 rings (SSSR count). The van der Waals surface area contributed by atoms with E-state index in [2.05, 4.69) is 27.9 Å². The molecule has 0 radical (unpaired) electrons. The van der Waals surface area contributed by atoms with Gasteiger partial charge in [-0.2, -0.15) is 0 Å². The van der Waals surface area contributed by atoms with E-state index in [0.717, 1.165) is 9.26 Å². The second-order valence-electron chi connectivity index (χ2n) is 2.64. The zero-order valence-corrected chi connectivity index (χ0v) is 10.1. The average Bonchev–Trinajstić information content (AvgIpc) is 2.17. The van der Waals surface area contributed by atoms with E-state index < -0.39 is 0 Å². The van der Waals surface area contributed by atoms with E-state index >= 15 is 0 Å². The number of ether oxygens (including phenoxy) is 1. The van der Waals surface area contributed by atoms with Gasteiger partial charge in [0.25, 0.3) is 0 Å². The Morgan fingerprint density at radius 3 is 2.86 bits per heavy atom. The van der Waals surface area contributed by atoms with Crippen molar-refractivity contribution in [1.82, 2.24) is 0 Å². The summed E-state index contributed by atoms with van der Waals surface area (Å²) in [6.07, 6.45) is 0. The Labute approximate surface area is 97.0 Å². The van der Waals surface area contributed by atoms with Crippen LogP contribution >= 0.6 is 22.6 Å². The summed E-state index contributed by atoms with van der Waals surface area (Å²) in [6.45, 7) is 2.43. The number of hydrogen-bond acceptors (Lipinski definition) is 3. The van der Waals surface area contributed by atoms with Crippen LogP contribution in [0.1, 0.15) is 6.92 Å². The number of anilines is 1. The van der Waals surface area contributed by atoms with Crippen LogP contribution in [0.4, 0.5) is 5.69 Å². The number of esters is 1. The van der Waals surface area contributed by atoms with E-state index in [0.29, 0.717) is 6.61 Å². The van der Waals surface area contributed by atoms with E-state index in [1.165, 1.54) is 0 Å². The lowest BCUT2D eigenvalue weighted by Gasteiger charge is -2.07. The number of nitrogens with one attached hydrogen (secondary N) is 1. The second kappa shape index (κ2) is 5.85. The Morgan fingerprint density at radius 1 is 1.50 bits per heavy atom. The van der Waals surface area contributed by atoms with Crippen molar-refractivity contribution < 1.29 is 9.53 Å². The molecule has 1 aromatic rings. The fourth-order valence-corrected chi connectivity index (χ4v) is 1.56. The first kappa shape index (κ1) is 11.3. The average molecular weight is 305 g/mol. The minimum absolute atomic E-state index is 0.216. The van der Waals surface area contributed by atoms with Crippen molar-refractivity contribution in [3.63, 3.8) is 0 Å². The molecule has 0 aliphatic rings. The number of halogens is 1. The van der Waals surface area contributed by atoms with Crippen molar-refractivity contribution in [1.29, 1.82) is 0 Å². The first-order valence-corrected chi connectivity index (χ1v) is 5.46. The van der Waals surface area contributed by atoms with Gasteiger partial charge in [0.15, 0.2) is 0 Å². The largest absolute Gasteiger partial charge is 0.465 e. The molecule has 1 aromatic carbocycles. The molecule has 0 heterocycles. The van der Waals surface area contributed by atoms with Crippen molar-refractivity contribution >= 4 is 34.2 Å². The highest BCUT2D eigenvalue weighted by Gasteiger charge is 2.02. The molecule has 3 nitrogen and oxygen atoms in total. The predicted octanol–water partition coefficient (Wildman–Crippen LogP) is 2.27. The summed E-state index contributed by atoms with van der Waals surface area (Å²) < 4.78 is 5.89. The number of hydrogen-bond donors (Lipinski definition) is 1. The number of rotatable bonds is 4. The van der Waals surface area contributed by atoms with Gasteiger partial charge in [-0.3, -0.25) is 4.79 Å². The molecule has 0 aliphatic carbocycles. The quantitative estimate of drug-likeness (QED) is 0.685. The lowest BCUT2D eigenvalue weighted by Crippen LogP contribution is -2.17. The third-order valence-corrected chi connectivity index (χ3v) is 2.54. The molecular formula is C10H12INO2. The van der Waals surface area contributed by atoms with Crippen LogP contribution in [0.2, 0.25) is 0 Å². The Hall–Kier alpha value is -0.780. The van der Waals surface area contributed by atoms with Gasteiger partial charge in [0.1, 0.15) is 6.54 Å². The maximum absolute atomic E-state index is 11.0. The van der Waals surface area contributed by atoms with E-state index in [1.54, 1.807) is 6.92 Å². The van der Waals surface area contributed by atoms with Gasteiger partial charge in [-0.05, 0) is 41.6 Å². The minimum Gasteiger partial charge on any atom is -0.465 e. The van der Waals surface area contributed by atoms with Crippen molar-refractivity contribution in [3.8, 4) is 0 Å². The first-order chi connectivity index (χ1) is 6.74. The summed E-state index contributed by atoms with van der Waals surface area (Å²) >= 11 is 2.21. The SMILES string of the molecule is CCOC(=O)CNc1ccccc1I. The Kier molecular flexibility index (Phi) is 4.72. The fraction of sp³-hybridized carbons (Fsp3) is 0.300. The van der Waals surface area contributed by atoms with Gasteiger partial charge in [-0.15, -0.1) is 0 Å². The highest BCUT2D eigenvalue weighted by Crippen LogP contribution is 2.16. The monoisotopic (exact) mass is 305 g/mol. The van der Waals surface area contributed by atoms with Crippen LogP contribution < -0.4 is 5.32 Å². The minimum atomic E-state index is -0.229. The molecule has 0 fully saturated rings. The third kappa shape index (κ3) is 3.53. The van der Waals surface area contributed by atoms with E-state index in [1.807, 2.05) is 24.3 Å². The Morgan fingerprint density at radius 2 is 2.21 bits per heavy atom. The maximum atomic E-state index is 11.0. The standard InChI is InChI=1S/C10H12INO2/c1-2-14-10(13)7-12-9-6-4-3-5-8(9)11/h3-6,12H,2,7H2,1H3. The highest BCUT2D eigenvalue weighted by atomic mass is 127. The zero-order valence-electron chi connectivity index (χ0n) is 7.92. The summed E-state index contributed by atoms with van der Waals surface area (Å²) in [5.41, 5.74) is 0.959. The molecule has 0 amide bonds. The molecule has 0 saturated carbocycles. The molecule has 4 heteroatoms. The summed E-state index contributed by atoms with van der Waals surface area (Å²) in [5, 5.41) is 3.02. The molecule has 0 atom stereocenters. The molecular weight excluding hydrogens is 293 g/mol. The van der Waals surface area contributed by atoms with E-state index in [4.69, 9.17) is 4.74 Å². The fourth-order valence-electron chi connectivity index (χ4n) is 0.984. The zero-order chi connectivity index (χ0) is 10.4. The van der Waals surface area contributed by atoms with Crippen LogP contribution in [0.25, 0.3) is 0 Å². The first-order valence-electron chi connectivity index (χ1n) is 4.38. The highest BCUT2D eigenvalue weighted by molar-refractivity contribution is 14.1. The topological polar surface area (TPSA) is 38.3 Å². The summed E-state index contributed by atoms with van der Waals surface area (Å²) in [5.74, 6) is -0.229. The van der Waals surface area contributed by atoms with Gasteiger partial charge in [0.2, 0.25) is 0 Å². The number of para-hydroxylation sites is 1. The Bertz CT molecular complexity index is 315. The third-order valence-electron chi connectivity index (χ3n) is 1.60. The van der Waals surface area contributed by atoms with Crippen LogP contribution in [0.3, 0.4) is 0 Å². The van der Waals surface area contributed by atoms with Gasteiger partial charge in [-0.25, -0.2) is 0 Å². The summed E-state index contributed by atoms with van der Waals surface area (Å²) in [4.78, 5) is 11.0. The van der Waals surface area contributed by atoms with Crippen molar-refractivity contribution in [2.45, 2.75) is 6.92 Å². The maximum Gasteiger partial charge on any atom is 0.325 e. The molecule has 14 heavy (non-hydrogen) atoms. The predicted molar refractivity (Wildman–Crippen MR) is 64.3 cm³/mol. The van der Waals surface area contributed by atoms with Crippen LogP contribution in [0.15, 0.2) is 24.3 Å². The number of carbonyl (C=O) groups excluding carboxylic acids is 1. The van der Waals surface area contributed by atoms with Gasteiger partial charge >= 0.3 is 5.97 Å². The van der Waals surface area contributed by atoms with E-state index in [9.17, 15) is 4.79 Å². The van der Waals surface area contributed by atoms with Crippen molar-refractivity contribution in [3.05, 3.63) is 27.8 Å². The number of carbonyl (C=O) groups is 1. The van der Waals surface area contributed by atoms with Gasteiger partial charge in [0, 0.05) is 9.26 Å². The van der Waals surface area contributed by atoms with Gasteiger partial charge in [-0.1, -0.05) is 12.1 Å². The summed E-state index contributed by atoms with van der Waals surface area (Å²) in [7, 11) is 0. The molecule has 0 spiro atoms. The number of benzene rings is 1. The molecule has 0 aromatic heterocycles. The molecule has 0 saturated heterocycles. The van der Waals surface area contributed by atoms with Crippen molar-refractivity contribution in [2.75, 3.05) is 18.5 Å². The summed E-state index contributed by atoms with van der Waals surface area (Å²) in [6, 6.07) is 7.79. The Balaban J connectivity index is 2.46. The lowest BCUT2D eigenvalue weighted by molar-refractivity contribution is -0.140. The van der Waals surface area contributed by atoms with Gasteiger partial charge in [0.05, 0.1) is 6.61 Å². The second-order valence-corrected chi connectivity index (χ2v) is 3.80. The molecule has 0 unspecified atom stereocenters. The van der Waals surface area contributed by atoms with Crippen molar-refractivity contribution in [2.24, 2.45) is 0 Å². The lowest BCUT2D eigenvalue weighted by atomic mass is 10.3. The molecule has 0 aliphatic heterocycles. The van der Waals surface area contributed by atoms with Crippen LogP contribution in [-0.4, -0.2) is 19.1 Å². The molecule has 1 N–H and O–H groups in total. The van der Waals surface area contributed by atoms with Crippen LogP contribution in [0.5, 0.6) is 0 Å². The van der Waals surface area contributed by atoms with Crippen LogP contribution in [-0.2, 0) is 9.53 Å². The normalized spacial score (nSPS) is 9.57.